The molecule has 0 bridgehead atoms. The summed E-state index contributed by atoms with van der Waals surface area (Å²) in [5.41, 5.74) is 6.09. The fourth-order valence-corrected chi connectivity index (χ4v) is 4.36. The molecule has 0 aromatic carbocycles. The van der Waals surface area contributed by atoms with E-state index in [1.165, 1.54) is 44.9 Å². The molecule has 2 N–H and O–H groups in total. The Labute approximate surface area is 130 Å². The Hall–Kier alpha value is -0.570. The second-order valence-corrected chi connectivity index (χ2v) is 7.51. The minimum Gasteiger partial charge on any atom is -0.343 e. The van der Waals surface area contributed by atoms with Crippen molar-refractivity contribution in [3.05, 3.63) is 0 Å². The lowest BCUT2D eigenvalue weighted by Gasteiger charge is -2.38. The van der Waals surface area contributed by atoms with E-state index in [2.05, 4.69) is 18.7 Å². The first kappa shape index (κ1) is 16.8. The van der Waals surface area contributed by atoms with Gasteiger partial charge in [0.05, 0.1) is 0 Å². The largest absolute Gasteiger partial charge is 0.343 e. The summed E-state index contributed by atoms with van der Waals surface area (Å²) in [6.07, 6.45) is 10.8. The summed E-state index contributed by atoms with van der Waals surface area (Å²) in [4.78, 5) is 14.9. The SMILES string of the molecule is CCC1CCC(N(C)C(=O)C(C)C2CCCC(N)C2)CC1. The monoisotopic (exact) mass is 294 g/mol. The van der Waals surface area contributed by atoms with Gasteiger partial charge in [0, 0.05) is 25.0 Å². The van der Waals surface area contributed by atoms with Crippen molar-refractivity contribution in [2.75, 3.05) is 7.05 Å². The smallest absolute Gasteiger partial charge is 0.225 e. The van der Waals surface area contributed by atoms with E-state index in [9.17, 15) is 4.79 Å². The first-order valence-corrected chi connectivity index (χ1v) is 9.05. The summed E-state index contributed by atoms with van der Waals surface area (Å²) in [5, 5.41) is 0. The van der Waals surface area contributed by atoms with Gasteiger partial charge in [0.15, 0.2) is 0 Å². The number of hydrogen-bond acceptors (Lipinski definition) is 2. The minimum atomic E-state index is 0.144. The van der Waals surface area contributed by atoms with Gasteiger partial charge in [-0.25, -0.2) is 0 Å². The summed E-state index contributed by atoms with van der Waals surface area (Å²) >= 11 is 0. The number of amides is 1. The molecule has 0 radical (unpaired) electrons. The van der Waals surface area contributed by atoms with Crippen LogP contribution in [0.15, 0.2) is 0 Å². The third kappa shape index (κ3) is 4.21. The fourth-order valence-electron chi connectivity index (χ4n) is 4.36. The lowest BCUT2D eigenvalue weighted by molar-refractivity contribution is -0.138. The summed E-state index contributed by atoms with van der Waals surface area (Å²) < 4.78 is 0. The van der Waals surface area contributed by atoms with Crippen molar-refractivity contribution in [3.8, 4) is 0 Å². The standard InChI is InChI=1S/C18H34N2O/c1-4-14-8-10-17(11-9-14)20(3)18(21)13(2)15-6-5-7-16(19)12-15/h13-17H,4-12,19H2,1-3H3. The van der Waals surface area contributed by atoms with Crippen LogP contribution in [0.5, 0.6) is 0 Å². The highest BCUT2D eigenvalue weighted by Gasteiger charge is 2.33. The number of hydrogen-bond donors (Lipinski definition) is 1. The molecule has 3 atom stereocenters. The molecule has 0 heterocycles. The van der Waals surface area contributed by atoms with E-state index in [-0.39, 0.29) is 5.92 Å². The van der Waals surface area contributed by atoms with E-state index in [0.29, 0.717) is 23.9 Å². The average molecular weight is 294 g/mol. The molecule has 0 saturated heterocycles. The van der Waals surface area contributed by atoms with Crippen LogP contribution < -0.4 is 5.73 Å². The van der Waals surface area contributed by atoms with Crippen molar-refractivity contribution >= 4 is 5.91 Å². The fraction of sp³-hybridized carbons (Fsp3) is 0.944. The van der Waals surface area contributed by atoms with Crippen LogP contribution in [-0.4, -0.2) is 29.9 Å². The third-order valence-electron chi connectivity index (χ3n) is 6.14. The van der Waals surface area contributed by atoms with Gasteiger partial charge >= 0.3 is 0 Å². The Morgan fingerprint density at radius 1 is 1.19 bits per heavy atom. The van der Waals surface area contributed by atoms with Crippen LogP contribution in [-0.2, 0) is 4.79 Å². The molecule has 0 aromatic heterocycles. The maximum absolute atomic E-state index is 12.8. The number of nitrogens with two attached hydrogens (primary N) is 1. The molecule has 3 nitrogen and oxygen atoms in total. The van der Waals surface area contributed by atoms with Gasteiger partial charge in [0.2, 0.25) is 5.91 Å². The maximum Gasteiger partial charge on any atom is 0.225 e. The molecule has 0 spiro atoms. The van der Waals surface area contributed by atoms with E-state index in [0.717, 1.165) is 18.8 Å². The second kappa shape index (κ2) is 7.62. The van der Waals surface area contributed by atoms with Gasteiger partial charge in [-0.1, -0.05) is 26.7 Å². The zero-order chi connectivity index (χ0) is 15.4. The van der Waals surface area contributed by atoms with Gasteiger partial charge < -0.3 is 10.6 Å². The molecule has 122 valence electrons. The molecule has 2 aliphatic rings. The number of nitrogens with zero attached hydrogens (tertiary/aromatic N) is 1. The molecule has 3 heteroatoms. The van der Waals surface area contributed by atoms with Crippen LogP contribution in [0.25, 0.3) is 0 Å². The van der Waals surface area contributed by atoms with Gasteiger partial charge in [-0.05, 0) is 56.8 Å². The average Bonchev–Trinajstić information content (AvgIpc) is 2.53. The van der Waals surface area contributed by atoms with Crippen LogP contribution in [0.1, 0.15) is 71.6 Å². The van der Waals surface area contributed by atoms with Crippen molar-refractivity contribution in [2.24, 2.45) is 23.5 Å². The predicted molar refractivity (Wildman–Crippen MR) is 87.9 cm³/mol. The molecule has 2 fully saturated rings. The minimum absolute atomic E-state index is 0.144. The highest BCUT2D eigenvalue weighted by molar-refractivity contribution is 5.78. The quantitative estimate of drug-likeness (QED) is 0.861. The van der Waals surface area contributed by atoms with Crippen LogP contribution in [0, 0.1) is 17.8 Å². The zero-order valence-electron chi connectivity index (χ0n) is 14.2. The number of carbonyl (C=O) groups excluding carboxylic acids is 1. The second-order valence-electron chi connectivity index (χ2n) is 7.51. The first-order valence-electron chi connectivity index (χ1n) is 9.05. The van der Waals surface area contributed by atoms with E-state index >= 15 is 0 Å². The number of rotatable bonds is 4. The molecular weight excluding hydrogens is 260 g/mol. The van der Waals surface area contributed by atoms with Crippen LogP contribution in [0.4, 0.5) is 0 Å². The molecule has 3 unspecified atom stereocenters. The normalized spacial score (nSPS) is 35.2. The molecule has 2 aliphatic carbocycles. The Balaban J connectivity index is 1.86. The van der Waals surface area contributed by atoms with Crippen molar-refractivity contribution < 1.29 is 4.79 Å². The topological polar surface area (TPSA) is 46.3 Å². The van der Waals surface area contributed by atoms with E-state index in [1.807, 2.05) is 7.05 Å². The van der Waals surface area contributed by atoms with Crippen molar-refractivity contribution in [3.63, 3.8) is 0 Å². The summed E-state index contributed by atoms with van der Waals surface area (Å²) in [6.45, 7) is 4.41. The zero-order valence-corrected chi connectivity index (χ0v) is 14.2. The summed E-state index contributed by atoms with van der Waals surface area (Å²) in [6, 6.07) is 0.782. The lowest BCUT2D eigenvalue weighted by Crippen LogP contribution is -2.44. The molecule has 1 amide bonds. The third-order valence-corrected chi connectivity index (χ3v) is 6.14. The molecule has 21 heavy (non-hydrogen) atoms. The highest BCUT2D eigenvalue weighted by Crippen LogP contribution is 2.33. The van der Waals surface area contributed by atoms with Gasteiger partial charge in [-0.2, -0.15) is 0 Å². The van der Waals surface area contributed by atoms with Crippen molar-refractivity contribution in [1.29, 1.82) is 0 Å². The van der Waals surface area contributed by atoms with Gasteiger partial charge in [0.1, 0.15) is 0 Å². The van der Waals surface area contributed by atoms with Crippen molar-refractivity contribution in [2.45, 2.75) is 83.7 Å². The predicted octanol–water partition coefficient (Wildman–Crippen LogP) is 3.57. The molecule has 0 aliphatic heterocycles. The van der Waals surface area contributed by atoms with Crippen molar-refractivity contribution in [1.82, 2.24) is 4.90 Å². The molecular formula is C18H34N2O. The first-order chi connectivity index (χ1) is 10.0. The van der Waals surface area contributed by atoms with E-state index in [1.54, 1.807) is 0 Å². The van der Waals surface area contributed by atoms with Gasteiger partial charge in [0.25, 0.3) is 0 Å². The molecule has 0 aromatic rings. The highest BCUT2D eigenvalue weighted by atomic mass is 16.2. The van der Waals surface area contributed by atoms with E-state index < -0.39 is 0 Å². The lowest BCUT2D eigenvalue weighted by atomic mass is 9.77. The number of carbonyl (C=O) groups is 1. The Kier molecular flexibility index (Phi) is 6.09. The Bertz CT molecular complexity index is 336. The maximum atomic E-state index is 12.8. The molecule has 2 saturated carbocycles. The van der Waals surface area contributed by atoms with Gasteiger partial charge in [-0.3, -0.25) is 4.79 Å². The Morgan fingerprint density at radius 3 is 2.43 bits per heavy atom. The van der Waals surface area contributed by atoms with Crippen LogP contribution in [0.3, 0.4) is 0 Å². The Morgan fingerprint density at radius 2 is 1.86 bits per heavy atom. The summed E-state index contributed by atoms with van der Waals surface area (Å²) in [5.74, 6) is 1.88. The van der Waals surface area contributed by atoms with Crippen LogP contribution >= 0.6 is 0 Å². The van der Waals surface area contributed by atoms with Crippen LogP contribution in [0.2, 0.25) is 0 Å². The molecule has 2 rings (SSSR count). The van der Waals surface area contributed by atoms with E-state index in [4.69, 9.17) is 5.73 Å². The van der Waals surface area contributed by atoms with Gasteiger partial charge in [-0.15, -0.1) is 0 Å². The summed E-state index contributed by atoms with van der Waals surface area (Å²) in [7, 11) is 2.03.